The first-order valence-corrected chi connectivity index (χ1v) is 24.3. The van der Waals surface area contributed by atoms with Crippen LogP contribution in [0, 0.1) is 27.7 Å². The molecule has 2 aliphatic rings. The third-order valence-corrected chi connectivity index (χ3v) is 14.7. The maximum Gasteiger partial charge on any atom is 0.243 e. The number of hydrogen-bond donors (Lipinski definition) is 4. The Bertz CT molecular complexity index is 2740. The van der Waals surface area contributed by atoms with E-state index in [0.29, 0.717) is 50.0 Å². The predicted octanol–water partition coefficient (Wildman–Crippen LogP) is 6.24. The number of sulfone groups is 1. The van der Waals surface area contributed by atoms with Crippen LogP contribution in [-0.2, 0) is 29.9 Å². The molecule has 0 atom stereocenters. The number of hydrogen-bond acceptors (Lipinski definition) is 13. The summed E-state index contributed by atoms with van der Waals surface area (Å²) in [6.45, 7) is 7.17. The number of fused-ring (bicyclic) bond motifs is 2. The average Bonchev–Trinajstić information content (AvgIpc) is 3.98. The van der Waals surface area contributed by atoms with Gasteiger partial charge in [-0.2, -0.15) is 0 Å². The summed E-state index contributed by atoms with van der Waals surface area (Å²) in [5.41, 5.74) is 5.67. The van der Waals surface area contributed by atoms with Gasteiger partial charge < -0.3 is 19.0 Å². The van der Waals surface area contributed by atoms with Crippen LogP contribution in [0.4, 0.5) is 0 Å². The molecule has 6 aromatic rings. The molecule has 2 aromatic carbocycles. The zero-order valence-corrected chi connectivity index (χ0v) is 35.1. The molecule has 0 radical (unpaired) electrons. The summed E-state index contributed by atoms with van der Waals surface area (Å²) in [5, 5.41) is 8.33. The fourth-order valence-electron chi connectivity index (χ4n) is 7.54. The fraction of sp³-hybridized carbons (Fsp3) is 0.444. The molecule has 300 valence electrons. The second kappa shape index (κ2) is 15.4. The SMILES string of the molecule is CSc1nc2c(S(=O)(=O)NC3CCCC3)cc(-c3c(C)noc3C)cc2[nH]1.Cc1noc(C)c1-c1cc(S(=O)(=O)NC2CCCC2)c2nc(S(C)(=O)=O)[nH]c2c1. The van der Waals surface area contributed by atoms with E-state index >= 15 is 0 Å². The number of sulfonamides is 2. The molecule has 4 heterocycles. The van der Waals surface area contributed by atoms with Crippen molar-refractivity contribution in [2.24, 2.45) is 0 Å². The largest absolute Gasteiger partial charge is 0.361 e. The number of H-pyrrole nitrogens is 2. The van der Waals surface area contributed by atoms with E-state index in [0.717, 1.165) is 74.4 Å². The van der Waals surface area contributed by atoms with E-state index < -0.39 is 29.9 Å². The Morgan fingerprint density at radius 2 is 1.09 bits per heavy atom. The van der Waals surface area contributed by atoms with Gasteiger partial charge in [-0.05, 0) is 95.0 Å². The number of nitrogens with zero attached hydrogens (tertiary/aromatic N) is 4. The van der Waals surface area contributed by atoms with E-state index in [1.165, 1.54) is 17.8 Å². The molecule has 0 bridgehead atoms. The van der Waals surface area contributed by atoms with Crippen LogP contribution in [0.3, 0.4) is 0 Å². The first-order valence-electron chi connectivity index (χ1n) is 18.2. The van der Waals surface area contributed by atoms with Gasteiger partial charge in [0.1, 0.15) is 32.3 Å². The van der Waals surface area contributed by atoms with Crippen LogP contribution in [0.25, 0.3) is 44.3 Å². The van der Waals surface area contributed by atoms with Gasteiger partial charge in [0.25, 0.3) is 0 Å². The minimum Gasteiger partial charge on any atom is -0.361 e. The van der Waals surface area contributed by atoms with Gasteiger partial charge in [0, 0.05) is 29.5 Å². The maximum absolute atomic E-state index is 13.2. The molecule has 2 saturated carbocycles. The van der Waals surface area contributed by atoms with Crippen LogP contribution in [-0.4, -0.2) is 80.1 Å². The van der Waals surface area contributed by atoms with Crippen molar-refractivity contribution >= 4 is 63.7 Å². The zero-order valence-electron chi connectivity index (χ0n) is 31.8. The smallest absolute Gasteiger partial charge is 0.243 e. The van der Waals surface area contributed by atoms with E-state index in [1.807, 2.05) is 26.2 Å². The normalized spacial score (nSPS) is 16.0. The first kappa shape index (κ1) is 40.1. The van der Waals surface area contributed by atoms with Crippen molar-refractivity contribution in [1.29, 1.82) is 0 Å². The van der Waals surface area contributed by atoms with Crippen molar-refractivity contribution in [3.8, 4) is 22.3 Å². The van der Waals surface area contributed by atoms with Gasteiger partial charge in [0.05, 0.1) is 22.4 Å². The standard InChI is InChI=1S/C18H22N4O5S2.C18H22N4O3S2/c1-10-16(11(2)27-21-10)12-8-14-17(20-18(19-14)28(3,23)24)15(9-12)29(25,26)22-13-6-4-5-7-13;1-10-16(11(2)25-21-10)12-8-14-17(20-18(19-14)26-3)15(9-12)27(23,24)22-13-6-4-5-7-13/h8-9,13,22H,4-7H2,1-3H3,(H,19,20);8-9,13,22H,4-7H2,1-3H3,(H,19,20). The summed E-state index contributed by atoms with van der Waals surface area (Å²) in [7, 11) is -11.3. The summed E-state index contributed by atoms with van der Waals surface area (Å²) < 4.78 is 92.8. The molecule has 2 fully saturated rings. The Kier molecular flexibility index (Phi) is 11.0. The summed E-state index contributed by atoms with van der Waals surface area (Å²) in [6.07, 6.45) is 10.3. The Hall–Kier alpha value is -4.08. The van der Waals surface area contributed by atoms with Crippen LogP contribution in [0.5, 0.6) is 0 Å². The predicted molar refractivity (Wildman–Crippen MR) is 212 cm³/mol. The zero-order chi connectivity index (χ0) is 40.2. The number of benzene rings is 2. The summed E-state index contributed by atoms with van der Waals surface area (Å²) in [4.78, 5) is 14.6. The molecule has 2 aliphatic carbocycles. The highest BCUT2D eigenvalue weighted by Crippen LogP contribution is 2.36. The van der Waals surface area contributed by atoms with Crippen LogP contribution in [0.15, 0.2) is 53.4 Å². The number of aromatic amines is 2. The number of aromatic nitrogens is 6. The van der Waals surface area contributed by atoms with Crippen molar-refractivity contribution in [2.45, 2.75) is 111 Å². The summed E-state index contributed by atoms with van der Waals surface area (Å²) in [5.74, 6) is 1.19. The van der Waals surface area contributed by atoms with Crippen LogP contribution in [0.2, 0.25) is 0 Å². The highest BCUT2D eigenvalue weighted by Gasteiger charge is 2.30. The van der Waals surface area contributed by atoms with Crippen molar-refractivity contribution in [2.75, 3.05) is 12.5 Å². The maximum atomic E-state index is 13.2. The second-order valence-corrected chi connectivity index (χ2v) is 20.5. The number of rotatable bonds is 10. The molecule has 16 nitrogen and oxygen atoms in total. The molecule has 4 aromatic heterocycles. The van der Waals surface area contributed by atoms with E-state index in [1.54, 1.807) is 26.0 Å². The van der Waals surface area contributed by atoms with Crippen LogP contribution < -0.4 is 9.44 Å². The van der Waals surface area contributed by atoms with Crippen LogP contribution >= 0.6 is 11.8 Å². The molecule has 20 heteroatoms. The van der Waals surface area contributed by atoms with Crippen molar-refractivity contribution in [1.82, 2.24) is 39.7 Å². The molecule has 0 aliphatic heterocycles. The van der Waals surface area contributed by atoms with Crippen LogP contribution in [0.1, 0.15) is 74.3 Å². The molecule has 0 spiro atoms. The Morgan fingerprint density at radius 3 is 1.48 bits per heavy atom. The average molecular weight is 845 g/mol. The van der Waals surface area contributed by atoms with Crippen molar-refractivity contribution in [3.63, 3.8) is 0 Å². The molecule has 0 amide bonds. The van der Waals surface area contributed by atoms with E-state index in [4.69, 9.17) is 9.05 Å². The number of nitrogens with one attached hydrogen (secondary N) is 4. The fourth-order valence-corrected chi connectivity index (χ4v) is 11.5. The lowest BCUT2D eigenvalue weighted by atomic mass is 10.0. The molecular formula is C36H44N8O8S4. The van der Waals surface area contributed by atoms with Gasteiger partial charge in [-0.25, -0.2) is 44.7 Å². The van der Waals surface area contributed by atoms with E-state index in [-0.39, 0.29) is 32.5 Å². The van der Waals surface area contributed by atoms with E-state index in [9.17, 15) is 25.3 Å². The van der Waals surface area contributed by atoms with E-state index in [2.05, 4.69) is 39.7 Å². The lowest BCUT2D eigenvalue weighted by Crippen LogP contribution is -2.32. The highest BCUT2D eigenvalue weighted by atomic mass is 32.2. The van der Waals surface area contributed by atoms with Gasteiger partial charge in [-0.3, -0.25) is 0 Å². The highest BCUT2D eigenvalue weighted by molar-refractivity contribution is 7.98. The Balaban J connectivity index is 0.000000172. The second-order valence-electron chi connectivity index (χ2n) is 14.4. The number of aryl methyl sites for hydroxylation is 4. The van der Waals surface area contributed by atoms with Gasteiger partial charge in [0.15, 0.2) is 5.16 Å². The Morgan fingerprint density at radius 1 is 0.661 bits per heavy atom. The topological polar surface area (TPSA) is 236 Å². The number of thioether (sulfide) groups is 1. The molecular weight excluding hydrogens is 801 g/mol. The quantitative estimate of drug-likeness (QED) is 0.112. The summed E-state index contributed by atoms with van der Waals surface area (Å²) >= 11 is 1.44. The molecule has 8 rings (SSSR count). The minimum absolute atomic E-state index is 0.00765. The third-order valence-electron chi connectivity index (χ3n) is 10.2. The van der Waals surface area contributed by atoms with Gasteiger partial charge in [0.2, 0.25) is 35.0 Å². The summed E-state index contributed by atoms with van der Waals surface area (Å²) in [6, 6.07) is 6.61. The van der Waals surface area contributed by atoms with Gasteiger partial charge in [-0.15, -0.1) is 0 Å². The minimum atomic E-state index is -3.92. The van der Waals surface area contributed by atoms with Gasteiger partial charge in [-0.1, -0.05) is 47.8 Å². The first-order chi connectivity index (χ1) is 26.4. The van der Waals surface area contributed by atoms with Crippen molar-refractivity contribution < 1.29 is 34.3 Å². The Labute approximate surface area is 329 Å². The van der Waals surface area contributed by atoms with Gasteiger partial charge >= 0.3 is 0 Å². The molecule has 4 N–H and O–H groups in total. The molecule has 0 saturated heterocycles. The monoisotopic (exact) mass is 844 g/mol. The lowest BCUT2D eigenvalue weighted by Gasteiger charge is -2.14. The number of imidazole rings is 2. The lowest BCUT2D eigenvalue weighted by molar-refractivity contribution is 0.393. The molecule has 56 heavy (non-hydrogen) atoms. The third kappa shape index (κ3) is 8.04. The molecule has 0 unspecified atom stereocenters. The van der Waals surface area contributed by atoms with Crippen molar-refractivity contribution in [3.05, 3.63) is 47.2 Å².